The molecule has 0 aliphatic carbocycles. The van der Waals surface area contributed by atoms with E-state index in [0.29, 0.717) is 6.61 Å². The summed E-state index contributed by atoms with van der Waals surface area (Å²) in [6.45, 7) is 0.927. The van der Waals surface area contributed by atoms with Crippen molar-refractivity contribution in [2.45, 2.75) is 13.0 Å². The molecule has 1 unspecified atom stereocenters. The largest absolute Gasteiger partial charge is 0.464 e. The molecule has 1 atom stereocenters. The maximum absolute atomic E-state index is 10.3. The summed E-state index contributed by atoms with van der Waals surface area (Å²) in [5.74, 6) is -1.09. The molecule has 0 saturated carbocycles. The Morgan fingerprint density at radius 1 is 1.24 bits per heavy atom. The average molecular weight is 270 g/mol. The third-order valence-corrected chi connectivity index (χ3v) is 1.47. The molecule has 8 heteroatoms. The smallest absolute Gasteiger partial charge is 0.331 e. The zero-order valence-electron chi connectivity index (χ0n) is 9.53. The molecule has 0 heterocycles. The monoisotopic (exact) mass is 270 g/mol. The van der Waals surface area contributed by atoms with Crippen molar-refractivity contribution in [1.82, 2.24) is 0 Å². The molecule has 0 amide bonds. The molecule has 17 heavy (non-hydrogen) atoms. The van der Waals surface area contributed by atoms with E-state index in [4.69, 9.17) is 15.3 Å². The van der Waals surface area contributed by atoms with Crippen LogP contribution in [0.4, 0.5) is 0 Å². The standard InChI is InChI=1S/C5H10O4S.C4H8O3/c6-1-4(7)2-9-5(8)3-10;1-2-7-4(6)3-5/h4,6-7,10H,1-3H2;5H,2-3H2,1H3. The van der Waals surface area contributed by atoms with Gasteiger partial charge in [0, 0.05) is 0 Å². The van der Waals surface area contributed by atoms with Crippen molar-refractivity contribution in [3.05, 3.63) is 0 Å². The predicted octanol–water partition coefficient (Wildman–Crippen LogP) is -1.65. The fraction of sp³-hybridized carbons (Fsp3) is 0.778. The molecule has 0 aliphatic heterocycles. The Balaban J connectivity index is 0. The molecule has 0 aromatic rings. The zero-order valence-corrected chi connectivity index (χ0v) is 10.4. The Bertz CT molecular complexity index is 210. The summed E-state index contributed by atoms with van der Waals surface area (Å²) >= 11 is 3.63. The van der Waals surface area contributed by atoms with Gasteiger partial charge < -0.3 is 24.8 Å². The molecule has 0 aromatic heterocycles. The Kier molecular flexibility index (Phi) is 14.4. The topological polar surface area (TPSA) is 113 Å². The number of hydrogen-bond donors (Lipinski definition) is 4. The highest BCUT2D eigenvalue weighted by Crippen LogP contribution is 1.86. The van der Waals surface area contributed by atoms with Gasteiger partial charge in [-0.05, 0) is 6.92 Å². The third kappa shape index (κ3) is 15.2. The number of aliphatic hydroxyl groups is 3. The molecule has 0 bridgehead atoms. The lowest BCUT2D eigenvalue weighted by molar-refractivity contribution is -0.146. The van der Waals surface area contributed by atoms with Gasteiger partial charge in [-0.3, -0.25) is 4.79 Å². The van der Waals surface area contributed by atoms with Crippen LogP contribution in [0.3, 0.4) is 0 Å². The second-order valence-corrected chi connectivity index (χ2v) is 2.96. The number of carbonyl (C=O) groups excluding carboxylic acids is 2. The van der Waals surface area contributed by atoms with E-state index in [2.05, 4.69) is 22.1 Å². The van der Waals surface area contributed by atoms with E-state index in [1.54, 1.807) is 6.92 Å². The highest BCUT2D eigenvalue weighted by atomic mass is 32.1. The van der Waals surface area contributed by atoms with Crippen LogP contribution in [0.1, 0.15) is 6.92 Å². The summed E-state index contributed by atoms with van der Waals surface area (Å²) in [4.78, 5) is 20.3. The first-order valence-corrected chi connectivity index (χ1v) is 5.46. The van der Waals surface area contributed by atoms with Gasteiger partial charge in [0.15, 0.2) is 0 Å². The van der Waals surface area contributed by atoms with E-state index < -0.39 is 31.3 Å². The van der Waals surface area contributed by atoms with Crippen LogP contribution in [0.15, 0.2) is 0 Å². The minimum Gasteiger partial charge on any atom is -0.464 e. The lowest BCUT2D eigenvalue weighted by Crippen LogP contribution is -2.22. The van der Waals surface area contributed by atoms with Crippen LogP contribution in [-0.4, -0.2) is 65.5 Å². The number of thiol groups is 1. The number of esters is 2. The summed E-state index contributed by atoms with van der Waals surface area (Å²) in [6, 6.07) is 0. The van der Waals surface area contributed by atoms with Crippen molar-refractivity contribution in [2.75, 3.05) is 32.2 Å². The molecular formula is C9H18O7S. The second kappa shape index (κ2) is 13.2. The molecular weight excluding hydrogens is 252 g/mol. The van der Waals surface area contributed by atoms with Gasteiger partial charge in [0.05, 0.1) is 19.0 Å². The van der Waals surface area contributed by atoms with Crippen LogP contribution in [-0.2, 0) is 19.1 Å². The predicted molar refractivity (Wildman–Crippen MR) is 61.6 cm³/mol. The second-order valence-electron chi connectivity index (χ2n) is 2.64. The Hall–Kier alpha value is -0.830. The van der Waals surface area contributed by atoms with E-state index in [0.717, 1.165) is 0 Å². The maximum Gasteiger partial charge on any atom is 0.331 e. The Labute approximate surface area is 105 Å². The van der Waals surface area contributed by atoms with Crippen molar-refractivity contribution >= 4 is 24.6 Å². The summed E-state index contributed by atoms with van der Waals surface area (Å²) in [7, 11) is 0. The molecule has 0 saturated heterocycles. The van der Waals surface area contributed by atoms with Crippen molar-refractivity contribution in [3.63, 3.8) is 0 Å². The van der Waals surface area contributed by atoms with Crippen LogP contribution in [0, 0.1) is 0 Å². The lowest BCUT2D eigenvalue weighted by Gasteiger charge is -2.06. The number of hydrogen-bond acceptors (Lipinski definition) is 8. The van der Waals surface area contributed by atoms with Gasteiger partial charge >= 0.3 is 11.9 Å². The van der Waals surface area contributed by atoms with E-state index in [1.165, 1.54) is 0 Å². The van der Waals surface area contributed by atoms with Gasteiger partial charge in [-0.2, -0.15) is 12.6 Å². The average Bonchev–Trinajstić information content (AvgIpc) is 2.36. The minimum atomic E-state index is -0.983. The van der Waals surface area contributed by atoms with Crippen molar-refractivity contribution in [2.24, 2.45) is 0 Å². The normalized spacial score (nSPS) is 10.9. The molecule has 102 valence electrons. The number of rotatable bonds is 6. The lowest BCUT2D eigenvalue weighted by atomic mass is 10.4. The fourth-order valence-corrected chi connectivity index (χ4v) is 0.585. The van der Waals surface area contributed by atoms with Crippen LogP contribution in [0.5, 0.6) is 0 Å². The first-order chi connectivity index (χ1) is 8.01. The molecule has 0 fully saturated rings. The molecule has 3 N–H and O–H groups in total. The molecule has 0 aromatic carbocycles. The molecule has 7 nitrogen and oxygen atoms in total. The fourth-order valence-electron chi connectivity index (χ4n) is 0.494. The summed E-state index contributed by atoms with van der Waals surface area (Å²) in [6.07, 6.45) is -0.983. The molecule has 0 spiro atoms. The van der Waals surface area contributed by atoms with Gasteiger partial charge in [0.2, 0.25) is 0 Å². The Morgan fingerprint density at radius 3 is 2.12 bits per heavy atom. The van der Waals surface area contributed by atoms with Crippen LogP contribution < -0.4 is 0 Å². The maximum atomic E-state index is 10.3. The zero-order chi connectivity index (χ0) is 13.7. The van der Waals surface area contributed by atoms with E-state index >= 15 is 0 Å². The van der Waals surface area contributed by atoms with Crippen molar-refractivity contribution in [1.29, 1.82) is 0 Å². The van der Waals surface area contributed by atoms with Crippen LogP contribution in [0.2, 0.25) is 0 Å². The van der Waals surface area contributed by atoms with Crippen LogP contribution >= 0.6 is 12.6 Å². The van der Waals surface area contributed by atoms with Gasteiger partial charge in [-0.15, -0.1) is 0 Å². The summed E-state index contributed by atoms with van der Waals surface area (Å²) in [5.41, 5.74) is 0. The SMILES string of the molecule is CCOC(=O)CO.O=C(CS)OCC(O)CO. The first-order valence-electron chi connectivity index (χ1n) is 4.83. The minimum absolute atomic E-state index is 0.0157. The van der Waals surface area contributed by atoms with E-state index in [9.17, 15) is 9.59 Å². The number of aliphatic hydroxyl groups excluding tert-OH is 3. The molecule has 0 aliphatic rings. The summed E-state index contributed by atoms with van der Waals surface area (Å²) < 4.78 is 8.72. The number of ether oxygens (including phenoxy) is 2. The molecule has 0 radical (unpaired) electrons. The number of carbonyl (C=O) groups is 2. The van der Waals surface area contributed by atoms with E-state index in [1.807, 2.05) is 0 Å². The summed E-state index contributed by atoms with van der Waals surface area (Å²) in [5, 5.41) is 24.9. The molecule has 0 rings (SSSR count). The highest BCUT2D eigenvalue weighted by Gasteiger charge is 2.04. The highest BCUT2D eigenvalue weighted by molar-refractivity contribution is 7.81. The van der Waals surface area contributed by atoms with Crippen molar-refractivity contribution in [3.8, 4) is 0 Å². The van der Waals surface area contributed by atoms with Gasteiger partial charge in [-0.1, -0.05) is 0 Å². The Morgan fingerprint density at radius 2 is 1.82 bits per heavy atom. The quantitative estimate of drug-likeness (QED) is 0.338. The van der Waals surface area contributed by atoms with Crippen molar-refractivity contribution < 1.29 is 34.4 Å². The van der Waals surface area contributed by atoms with Gasteiger partial charge in [0.1, 0.15) is 19.3 Å². The van der Waals surface area contributed by atoms with E-state index in [-0.39, 0.29) is 12.4 Å². The van der Waals surface area contributed by atoms with Gasteiger partial charge in [0.25, 0.3) is 0 Å². The van der Waals surface area contributed by atoms with Gasteiger partial charge in [-0.25, -0.2) is 4.79 Å². The van der Waals surface area contributed by atoms with Crippen LogP contribution in [0.25, 0.3) is 0 Å². The first kappa shape index (κ1) is 18.5. The third-order valence-electron chi connectivity index (χ3n) is 1.21.